The SMILES string of the molecule is O=C(Nc1ccc(Cl)c(C(F)(F)F)c1)N1CCN(C2CCCCC2)CC1. The molecule has 0 bridgehead atoms. The monoisotopic (exact) mass is 389 g/mol. The third kappa shape index (κ3) is 4.62. The Bertz CT molecular complexity index is 639. The minimum atomic E-state index is -4.55. The molecule has 0 radical (unpaired) electrons. The number of hydrogen-bond donors (Lipinski definition) is 1. The van der Waals surface area contributed by atoms with Crippen LogP contribution in [-0.2, 0) is 6.18 Å². The molecule has 2 amide bonds. The molecule has 1 saturated carbocycles. The van der Waals surface area contributed by atoms with Crippen molar-refractivity contribution < 1.29 is 18.0 Å². The summed E-state index contributed by atoms with van der Waals surface area (Å²) < 4.78 is 38.8. The molecule has 1 aliphatic heterocycles. The highest BCUT2D eigenvalue weighted by Crippen LogP contribution is 2.36. The molecule has 1 aromatic rings. The lowest BCUT2D eigenvalue weighted by molar-refractivity contribution is -0.137. The van der Waals surface area contributed by atoms with Crippen molar-refractivity contribution in [2.75, 3.05) is 31.5 Å². The number of benzene rings is 1. The lowest BCUT2D eigenvalue weighted by Crippen LogP contribution is -2.53. The van der Waals surface area contributed by atoms with E-state index in [2.05, 4.69) is 10.2 Å². The summed E-state index contributed by atoms with van der Waals surface area (Å²) in [7, 11) is 0. The zero-order chi connectivity index (χ0) is 18.7. The van der Waals surface area contributed by atoms with E-state index >= 15 is 0 Å². The van der Waals surface area contributed by atoms with Crippen LogP contribution in [0.3, 0.4) is 0 Å². The molecule has 1 N–H and O–H groups in total. The highest BCUT2D eigenvalue weighted by atomic mass is 35.5. The molecular weight excluding hydrogens is 367 g/mol. The highest BCUT2D eigenvalue weighted by molar-refractivity contribution is 6.31. The molecule has 2 fully saturated rings. The second-order valence-electron chi connectivity index (χ2n) is 6.94. The van der Waals surface area contributed by atoms with E-state index in [4.69, 9.17) is 11.6 Å². The van der Waals surface area contributed by atoms with E-state index < -0.39 is 11.7 Å². The van der Waals surface area contributed by atoms with Crippen LogP contribution in [0.5, 0.6) is 0 Å². The minimum Gasteiger partial charge on any atom is -0.322 e. The summed E-state index contributed by atoms with van der Waals surface area (Å²) in [5, 5.41) is 2.18. The van der Waals surface area contributed by atoms with Gasteiger partial charge in [-0.2, -0.15) is 13.2 Å². The minimum absolute atomic E-state index is 0.0986. The molecule has 1 heterocycles. The Kier molecular flexibility index (Phi) is 5.97. The van der Waals surface area contributed by atoms with E-state index in [9.17, 15) is 18.0 Å². The number of anilines is 1. The standard InChI is InChI=1S/C18H23ClF3N3O/c19-16-7-6-13(12-15(16)18(20,21)22)23-17(26)25-10-8-24(9-11-25)14-4-2-1-3-5-14/h6-7,12,14H,1-5,8-11H2,(H,23,26). The van der Waals surface area contributed by atoms with Gasteiger partial charge in [0.1, 0.15) is 0 Å². The van der Waals surface area contributed by atoms with Crippen molar-refractivity contribution >= 4 is 23.3 Å². The molecule has 0 unspecified atom stereocenters. The largest absolute Gasteiger partial charge is 0.417 e. The van der Waals surface area contributed by atoms with Gasteiger partial charge in [-0.25, -0.2) is 4.79 Å². The molecular formula is C18H23ClF3N3O. The van der Waals surface area contributed by atoms with Crippen LogP contribution in [0, 0.1) is 0 Å². The summed E-state index contributed by atoms with van der Waals surface area (Å²) in [6, 6.07) is 3.65. The van der Waals surface area contributed by atoms with Crippen LogP contribution in [0.1, 0.15) is 37.7 Å². The number of carbonyl (C=O) groups excluding carboxylic acids is 1. The van der Waals surface area contributed by atoms with Crippen molar-refractivity contribution in [3.8, 4) is 0 Å². The van der Waals surface area contributed by atoms with Crippen molar-refractivity contribution in [2.45, 2.75) is 44.3 Å². The third-order valence-corrected chi connectivity index (χ3v) is 5.55. The van der Waals surface area contributed by atoms with Crippen LogP contribution in [0.15, 0.2) is 18.2 Å². The van der Waals surface area contributed by atoms with Crippen molar-refractivity contribution in [3.05, 3.63) is 28.8 Å². The Morgan fingerprint density at radius 1 is 1.08 bits per heavy atom. The number of alkyl halides is 3. The average molecular weight is 390 g/mol. The van der Waals surface area contributed by atoms with Crippen LogP contribution < -0.4 is 5.32 Å². The lowest BCUT2D eigenvalue weighted by atomic mass is 9.94. The number of urea groups is 1. The van der Waals surface area contributed by atoms with Gasteiger partial charge in [0.15, 0.2) is 0 Å². The zero-order valence-corrected chi connectivity index (χ0v) is 15.2. The second kappa shape index (κ2) is 8.05. The topological polar surface area (TPSA) is 35.6 Å². The number of piperazine rings is 1. The maximum atomic E-state index is 12.9. The quantitative estimate of drug-likeness (QED) is 0.785. The van der Waals surface area contributed by atoms with Crippen LogP contribution in [-0.4, -0.2) is 48.1 Å². The number of carbonyl (C=O) groups is 1. The van der Waals surface area contributed by atoms with Gasteiger partial charge in [-0.05, 0) is 31.0 Å². The van der Waals surface area contributed by atoms with E-state index in [-0.39, 0.29) is 16.7 Å². The molecule has 4 nitrogen and oxygen atoms in total. The summed E-state index contributed by atoms with van der Waals surface area (Å²) in [6.45, 7) is 2.79. The van der Waals surface area contributed by atoms with Crippen molar-refractivity contribution in [1.29, 1.82) is 0 Å². The van der Waals surface area contributed by atoms with Gasteiger partial charge in [0, 0.05) is 37.9 Å². The van der Waals surface area contributed by atoms with Gasteiger partial charge in [0.05, 0.1) is 10.6 Å². The van der Waals surface area contributed by atoms with Crippen molar-refractivity contribution in [2.24, 2.45) is 0 Å². The van der Waals surface area contributed by atoms with E-state index in [1.54, 1.807) is 4.90 Å². The fourth-order valence-corrected chi connectivity index (χ4v) is 3.98. The second-order valence-corrected chi connectivity index (χ2v) is 7.34. The van der Waals surface area contributed by atoms with E-state index in [0.717, 1.165) is 25.2 Å². The van der Waals surface area contributed by atoms with Crippen LogP contribution >= 0.6 is 11.6 Å². The summed E-state index contributed by atoms with van der Waals surface area (Å²) in [5.74, 6) is 0. The van der Waals surface area contributed by atoms with Crippen molar-refractivity contribution in [1.82, 2.24) is 9.80 Å². The van der Waals surface area contributed by atoms with Gasteiger partial charge in [0.2, 0.25) is 0 Å². The summed E-state index contributed by atoms with van der Waals surface area (Å²) in [5.41, 5.74) is -0.847. The lowest BCUT2D eigenvalue weighted by Gasteiger charge is -2.40. The van der Waals surface area contributed by atoms with Gasteiger partial charge in [0.25, 0.3) is 0 Å². The number of nitrogens with zero attached hydrogens (tertiary/aromatic N) is 2. The van der Waals surface area contributed by atoms with E-state index in [1.165, 1.54) is 38.2 Å². The number of nitrogens with one attached hydrogen (secondary N) is 1. The molecule has 1 aliphatic carbocycles. The summed E-state index contributed by atoms with van der Waals surface area (Å²) >= 11 is 5.61. The van der Waals surface area contributed by atoms with Gasteiger partial charge in [-0.1, -0.05) is 30.9 Å². The first-order chi connectivity index (χ1) is 12.3. The summed E-state index contributed by atoms with van der Waals surface area (Å²) in [6.07, 6.45) is 1.73. The predicted octanol–water partition coefficient (Wildman–Crippen LogP) is 4.84. The first-order valence-corrected chi connectivity index (χ1v) is 9.39. The van der Waals surface area contributed by atoms with Gasteiger partial charge >= 0.3 is 12.2 Å². The van der Waals surface area contributed by atoms with E-state index in [1.807, 2.05) is 0 Å². The maximum absolute atomic E-state index is 12.9. The molecule has 2 aliphatic rings. The highest BCUT2D eigenvalue weighted by Gasteiger charge is 2.34. The van der Waals surface area contributed by atoms with Crippen LogP contribution in [0.4, 0.5) is 23.7 Å². The number of rotatable bonds is 2. The van der Waals surface area contributed by atoms with Crippen LogP contribution in [0.25, 0.3) is 0 Å². The molecule has 0 atom stereocenters. The van der Waals surface area contributed by atoms with E-state index in [0.29, 0.717) is 19.1 Å². The fourth-order valence-electron chi connectivity index (χ4n) is 3.76. The Labute approximate surface area is 156 Å². The first kappa shape index (κ1) is 19.3. The zero-order valence-electron chi connectivity index (χ0n) is 14.5. The fraction of sp³-hybridized carbons (Fsp3) is 0.611. The molecule has 1 saturated heterocycles. The number of amides is 2. The molecule has 3 rings (SSSR count). The Balaban J connectivity index is 1.56. The molecule has 1 aromatic carbocycles. The Hall–Kier alpha value is -1.47. The molecule has 8 heteroatoms. The average Bonchev–Trinajstić information content (AvgIpc) is 2.63. The van der Waals surface area contributed by atoms with Crippen LogP contribution in [0.2, 0.25) is 5.02 Å². The van der Waals surface area contributed by atoms with Gasteiger partial charge < -0.3 is 10.2 Å². The van der Waals surface area contributed by atoms with Crippen molar-refractivity contribution in [3.63, 3.8) is 0 Å². The molecule has 26 heavy (non-hydrogen) atoms. The number of halogens is 4. The van der Waals surface area contributed by atoms with Gasteiger partial charge in [-0.15, -0.1) is 0 Å². The summed E-state index contributed by atoms with van der Waals surface area (Å²) in [4.78, 5) is 16.5. The molecule has 0 spiro atoms. The molecule has 0 aromatic heterocycles. The Morgan fingerprint density at radius 3 is 2.35 bits per heavy atom. The molecule has 144 valence electrons. The normalized spacial score (nSPS) is 20.2. The first-order valence-electron chi connectivity index (χ1n) is 9.01. The van der Waals surface area contributed by atoms with Gasteiger partial charge in [-0.3, -0.25) is 4.90 Å². The smallest absolute Gasteiger partial charge is 0.322 e. The third-order valence-electron chi connectivity index (χ3n) is 5.22. The Morgan fingerprint density at radius 2 is 1.73 bits per heavy atom. The number of hydrogen-bond acceptors (Lipinski definition) is 2. The maximum Gasteiger partial charge on any atom is 0.417 e. The predicted molar refractivity (Wildman–Crippen MR) is 95.5 cm³/mol.